The Morgan fingerprint density at radius 1 is 0.724 bits per heavy atom. The Morgan fingerprint density at radius 2 is 1.14 bits per heavy atom. The first kappa shape index (κ1) is 18.8. The molecular weight excluding hydrogens is 389 g/mol. The van der Waals surface area contributed by atoms with Crippen LogP contribution in [0, 0.1) is 5.82 Å². The van der Waals surface area contributed by atoms with Crippen LogP contribution in [0.5, 0.6) is 0 Å². The molecule has 0 spiro atoms. The van der Waals surface area contributed by atoms with E-state index in [9.17, 15) is 14.3 Å². The molecular formula is C24H15ClFNO2. The van der Waals surface area contributed by atoms with Gasteiger partial charge >= 0.3 is 5.97 Å². The van der Waals surface area contributed by atoms with E-state index < -0.39 is 5.97 Å². The van der Waals surface area contributed by atoms with Gasteiger partial charge in [-0.05, 0) is 47.5 Å². The van der Waals surface area contributed by atoms with Crippen LogP contribution >= 0.6 is 11.6 Å². The molecule has 0 aliphatic carbocycles. The van der Waals surface area contributed by atoms with Crippen LogP contribution in [0.1, 0.15) is 10.4 Å². The van der Waals surface area contributed by atoms with E-state index in [4.69, 9.17) is 11.6 Å². The standard InChI is InChI=1S/C24H15ClFNO2/c25-20-9-5-18(6-10-20)23-14-19(24(28)29)13-22(27-23)17-3-1-15(2-4-17)16-7-11-21(26)12-8-16/h1-14H,(H,28,29). The molecule has 0 amide bonds. The van der Waals surface area contributed by atoms with E-state index >= 15 is 0 Å². The third-order valence-corrected chi connectivity index (χ3v) is 4.82. The second-order valence-electron chi connectivity index (χ2n) is 6.52. The van der Waals surface area contributed by atoms with E-state index in [1.54, 1.807) is 48.5 Å². The van der Waals surface area contributed by atoms with Gasteiger partial charge in [-0.1, -0.05) is 60.1 Å². The van der Waals surface area contributed by atoms with Crippen molar-refractivity contribution >= 4 is 17.6 Å². The van der Waals surface area contributed by atoms with Gasteiger partial charge in [-0.15, -0.1) is 0 Å². The number of aromatic nitrogens is 1. The predicted molar refractivity (Wildman–Crippen MR) is 112 cm³/mol. The number of nitrogens with zero attached hydrogens (tertiary/aromatic N) is 1. The summed E-state index contributed by atoms with van der Waals surface area (Å²) < 4.78 is 13.1. The molecule has 4 rings (SSSR count). The molecule has 0 radical (unpaired) electrons. The highest BCUT2D eigenvalue weighted by Crippen LogP contribution is 2.28. The zero-order chi connectivity index (χ0) is 20.4. The average molecular weight is 404 g/mol. The number of rotatable bonds is 4. The van der Waals surface area contributed by atoms with Gasteiger partial charge in [-0.25, -0.2) is 14.2 Å². The number of aromatic carboxylic acids is 1. The lowest BCUT2D eigenvalue weighted by atomic mass is 10.0. The second kappa shape index (κ2) is 7.86. The van der Waals surface area contributed by atoms with Crippen LogP contribution in [-0.4, -0.2) is 16.1 Å². The minimum atomic E-state index is -1.02. The van der Waals surface area contributed by atoms with Crippen molar-refractivity contribution in [3.05, 3.63) is 101 Å². The monoisotopic (exact) mass is 403 g/mol. The van der Waals surface area contributed by atoms with Crippen LogP contribution in [0.25, 0.3) is 33.6 Å². The number of benzene rings is 3. The Balaban J connectivity index is 1.74. The van der Waals surface area contributed by atoms with Gasteiger partial charge in [0, 0.05) is 16.1 Å². The molecule has 0 saturated carbocycles. The highest BCUT2D eigenvalue weighted by atomic mass is 35.5. The fourth-order valence-corrected chi connectivity index (χ4v) is 3.17. The van der Waals surface area contributed by atoms with Crippen molar-refractivity contribution in [1.29, 1.82) is 0 Å². The van der Waals surface area contributed by atoms with Crippen molar-refractivity contribution < 1.29 is 14.3 Å². The fourth-order valence-electron chi connectivity index (χ4n) is 3.05. The first-order valence-electron chi connectivity index (χ1n) is 8.87. The summed E-state index contributed by atoms with van der Waals surface area (Å²) in [6, 6.07) is 24.0. The third-order valence-electron chi connectivity index (χ3n) is 4.57. The van der Waals surface area contributed by atoms with Crippen molar-refractivity contribution in [3.63, 3.8) is 0 Å². The number of carbonyl (C=O) groups is 1. The van der Waals surface area contributed by atoms with Crippen molar-refractivity contribution in [2.75, 3.05) is 0 Å². The van der Waals surface area contributed by atoms with Gasteiger partial charge in [-0.2, -0.15) is 0 Å². The maximum absolute atomic E-state index is 13.1. The Bertz CT molecular complexity index is 1170. The molecule has 0 bridgehead atoms. The highest BCUT2D eigenvalue weighted by molar-refractivity contribution is 6.30. The van der Waals surface area contributed by atoms with E-state index in [2.05, 4.69) is 4.98 Å². The molecule has 0 aliphatic rings. The fraction of sp³-hybridized carbons (Fsp3) is 0. The predicted octanol–water partition coefficient (Wildman–Crippen LogP) is 6.57. The average Bonchev–Trinajstić information content (AvgIpc) is 2.74. The number of hydrogen-bond acceptors (Lipinski definition) is 2. The molecule has 0 fully saturated rings. The van der Waals surface area contributed by atoms with Crippen LogP contribution in [0.2, 0.25) is 5.02 Å². The molecule has 1 aromatic heterocycles. The number of pyridine rings is 1. The minimum absolute atomic E-state index is 0.155. The molecule has 4 aromatic rings. The molecule has 1 N–H and O–H groups in total. The van der Waals surface area contributed by atoms with Crippen LogP contribution in [0.4, 0.5) is 4.39 Å². The summed E-state index contributed by atoms with van der Waals surface area (Å²) in [5, 5.41) is 10.1. The number of halogens is 2. The summed E-state index contributed by atoms with van der Waals surface area (Å²) in [6.45, 7) is 0. The molecule has 3 aromatic carbocycles. The SMILES string of the molecule is O=C(O)c1cc(-c2ccc(Cl)cc2)nc(-c2ccc(-c3ccc(F)cc3)cc2)c1. The van der Waals surface area contributed by atoms with E-state index in [0.29, 0.717) is 16.4 Å². The maximum Gasteiger partial charge on any atom is 0.335 e. The van der Waals surface area contributed by atoms with Crippen LogP contribution < -0.4 is 0 Å². The molecule has 0 aliphatic heterocycles. The van der Waals surface area contributed by atoms with Gasteiger partial charge in [-0.3, -0.25) is 0 Å². The van der Waals surface area contributed by atoms with Gasteiger partial charge in [0.05, 0.1) is 17.0 Å². The van der Waals surface area contributed by atoms with Crippen molar-refractivity contribution in [1.82, 2.24) is 4.98 Å². The molecule has 3 nitrogen and oxygen atoms in total. The summed E-state index contributed by atoms with van der Waals surface area (Å²) in [6.07, 6.45) is 0. The van der Waals surface area contributed by atoms with Crippen LogP contribution in [-0.2, 0) is 0 Å². The van der Waals surface area contributed by atoms with Crippen LogP contribution in [0.3, 0.4) is 0 Å². The molecule has 5 heteroatoms. The second-order valence-corrected chi connectivity index (χ2v) is 6.96. The Hall–Kier alpha value is -3.50. The summed E-state index contributed by atoms with van der Waals surface area (Å²) in [7, 11) is 0. The lowest BCUT2D eigenvalue weighted by molar-refractivity contribution is 0.0697. The largest absolute Gasteiger partial charge is 0.478 e. The Kier molecular flexibility index (Phi) is 5.10. The normalized spacial score (nSPS) is 10.7. The quantitative estimate of drug-likeness (QED) is 0.419. The summed E-state index contributed by atoms with van der Waals surface area (Å²) >= 11 is 5.95. The van der Waals surface area contributed by atoms with E-state index in [0.717, 1.165) is 22.3 Å². The van der Waals surface area contributed by atoms with Crippen molar-refractivity contribution in [3.8, 4) is 33.6 Å². The molecule has 142 valence electrons. The zero-order valence-electron chi connectivity index (χ0n) is 15.1. The Morgan fingerprint density at radius 3 is 1.62 bits per heavy atom. The number of carboxylic acid groups (broad SMARTS) is 1. The van der Waals surface area contributed by atoms with Gasteiger partial charge in [0.15, 0.2) is 0 Å². The van der Waals surface area contributed by atoms with E-state index in [1.807, 2.05) is 24.3 Å². The third kappa shape index (κ3) is 4.18. The summed E-state index contributed by atoms with van der Waals surface area (Å²) in [5.41, 5.74) is 4.66. The molecule has 0 atom stereocenters. The minimum Gasteiger partial charge on any atom is -0.478 e. The smallest absolute Gasteiger partial charge is 0.335 e. The lowest BCUT2D eigenvalue weighted by Crippen LogP contribution is -2.00. The summed E-state index contributed by atoms with van der Waals surface area (Å²) in [4.78, 5) is 16.3. The topological polar surface area (TPSA) is 50.2 Å². The van der Waals surface area contributed by atoms with Gasteiger partial charge in [0.1, 0.15) is 5.82 Å². The summed E-state index contributed by atoms with van der Waals surface area (Å²) in [5.74, 6) is -1.30. The number of hydrogen-bond donors (Lipinski definition) is 1. The molecule has 1 heterocycles. The first-order valence-corrected chi connectivity index (χ1v) is 9.25. The number of carboxylic acids is 1. The van der Waals surface area contributed by atoms with Gasteiger partial charge in [0.25, 0.3) is 0 Å². The molecule has 0 saturated heterocycles. The zero-order valence-corrected chi connectivity index (χ0v) is 15.9. The van der Waals surface area contributed by atoms with Gasteiger partial charge < -0.3 is 5.11 Å². The molecule has 0 unspecified atom stereocenters. The molecule has 29 heavy (non-hydrogen) atoms. The first-order chi connectivity index (χ1) is 14.0. The van der Waals surface area contributed by atoms with Gasteiger partial charge in [0.2, 0.25) is 0 Å². The van der Waals surface area contributed by atoms with E-state index in [1.165, 1.54) is 12.1 Å². The van der Waals surface area contributed by atoms with Crippen molar-refractivity contribution in [2.24, 2.45) is 0 Å². The Labute approximate surface area is 172 Å². The highest BCUT2D eigenvalue weighted by Gasteiger charge is 2.12. The van der Waals surface area contributed by atoms with Crippen LogP contribution in [0.15, 0.2) is 84.9 Å². The van der Waals surface area contributed by atoms with Crippen molar-refractivity contribution in [2.45, 2.75) is 0 Å². The maximum atomic E-state index is 13.1. The lowest BCUT2D eigenvalue weighted by Gasteiger charge is -2.09. The van der Waals surface area contributed by atoms with E-state index in [-0.39, 0.29) is 11.4 Å².